The number of hydrogen-bond acceptors (Lipinski definition) is 5. The van der Waals surface area contributed by atoms with E-state index in [9.17, 15) is 19.8 Å². The van der Waals surface area contributed by atoms with Crippen molar-refractivity contribution in [3.05, 3.63) is 42.3 Å². The summed E-state index contributed by atoms with van der Waals surface area (Å²) in [5, 5.41) is 28.5. The summed E-state index contributed by atoms with van der Waals surface area (Å²) in [6.07, 6.45) is 0.285. The molecule has 98 valence electrons. The molecule has 7 nitrogen and oxygen atoms in total. The number of aromatic nitrogens is 2. The summed E-state index contributed by atoms with van der Waals surface area (Å²) in [5.74, 6) is 0. The number of halogens is 1. The fourth-order valence-electron chi connectivity index (χ4n) is 1.90. The molecular formula is C10H11IN2O5. The number of rotatable bonds is 2. The zero-order valence-electron chi connectivity index (χ0n) is 9.08. The van der Waals surface area contributed by atoms with Crippen LogP contribution >= 0.6 is 22.6 Å². The van der Waals surface area contributed by atoms with Crippen LogP contribution in [-0.4, -0.2) is 43.7 Å². The topological polar surface area (TPSA) is 116 Å². The predicted octanol–water partition coefficient (Wildman–Crippen LogP) is -1.66. The summed E-state index contributed by atoms with van der Waals surface area (Å²) < 4.78 is 1.42. The third kappa shape index (κ3) is 2.16. The van der Waals surface area contributed by atoms with E-state index in [0.717, 1.165) is 4.57 Å². The van der Waals surface area contributed by atoms with Crippen LogP contribution in [0.5, 0.6) is 0 Å². The van der Waals surface area contributed by atoms with Gasteiger partial charge in [0.25, 0.3) is 5.56 Å². The fourth-order valence-corrected chi connectivity index (χ4v) is 2.33. The molecule has 2 rings (SSSR count). The number of aromatic amines is 1. The lowest BCUT2D eigenvalue weighted by Gasteiger charge is -2.19. The Kier molecular flexibility index (Phi) is 3.71. The Morgan fingerprint density at radius 3 is 2.61 bits per heavy atom. The molecular weight excluding hydrogens is 355 g/mol. The van der Waals surface area contributed by atoms with Gasteiger partial charge in [0.2, 0.25) is 0 Å². The van der Waals surface area contributed by atoms with E-state index < -0.39 is 36.1 Å². The van der Waals surface area contributed by atoms with E-state index in [1.165, 1.54) is 12.3 Å². The fraction of sp³-hybridized carbons (Fsp3) is 0.400. The number of aliphatic hydroxyl groups is 3. The second-order valence-electron chi connectivity index (χ2n) is 3.97. The van der Waals surface area contributed by atoms with E-state index in [0.29, 0.717) is 3.57 Å². The molecule has 0 aliphatic heterocycles. The van der Waals surface area contributed by atoms with Crippen LogP contribution in [0.2, 0.25) is 0 Å². The van der Waals surface area contributed by atoms with Gasteiger partial charge >= 0.3 is 5.69 Å². The minimum absolute atomic E-state index is 0.251. The van der Waals surface area contributed by atoms with Crippen LogP contribution in [0, 0.1) is 3.57 Å². The molecule has 0 saturated carbocycles. The molecule has 1 aromatic rings. The zero-order valence-corrected chi connectivity index (χ0v) is 11.2. The average molecular weight is 366 g/mol. The molecule has 0 fully saturated rings. The summed E-state index contributed by atoms with van der Waals surface area (Å²) in [4.78, 5) is 25.0. The summed E-state index contributed by atoms with van der Waals surface area (Å²) in [5.41, 5.74) is -0.927. The van der Waals surface area contributed by atoms with Gasteiger partial charge in [-0.15, -0.1) is 0 Å². The number of hydrogen-bond donors (Lipinski definition) is 4. The minimum atomic E-state index is -1.23. The van der Waals surface area contributed by atoms with E-state index in [2.05, 4.69) is 4.98 Å². The van der Waals surface area contributed by atoms with Gasteiger partial charge in [-0.2, -0.15) is 0 Å². The van der Waals surface area contributed by atoms with Gasteiger partial charge in [0.15, 0.2) is 0 Å². The first-order valence-electron chi connectivity index (χ1n) is 5.14. The van der Waals surface area contributed by atoms with Crippen LogP contribution in [0.15, 0.2) is 27.4 Å². The normalized spacial score (nSPS) is 27.3. The van der Waals surface area contributed by atoms with E-state index in [1.807, 2.05) is 0 Å². The summed E-state index contributed by atoms with van der Waals surface area (Å²) in [7, 11) is 0. The monoisotopic (exact) mass is 366 g/mol. The van der Waals surface area contributed by atoms with Gasteiger partial charge in [-0.05, 0) is 28.2 Å². The number of nitrogens with one attached hydrogen (secondary N) is 1. The van der Waals surface area contributed by atoms with Gasteiger partial charge in [0.1, 0.15) is 12.2 Å². The van der Waals surface area contributed by atoms with Crippen LogP contribution in [0.1, 0.15) is 6.04 Å². The highest BCUT2D eigenvalue weighted by molar-refractivity contribution is 14.1. The molecule has 0 amide bonds. The van der Waals surface area contributed by atoms with Gasteiger partial charge in [-0.25, -0.2) is 4.79 Å². The van der Waals surface area contributed by atoms with Crippen molar-refractivity contribution in [1.29, 1.82) is 0 Å². The molecule has 0 spiro atoms. The van der Waals surface area contributed by atoms with E-state index in [4.69, 9.17) is 5.11 Å². The molecule has 1 aromatic heterocycles. The first-order chi connectivity index (χ1) is 8.45. The van der Waals surface area contributed by atoms with Gasteiger partial charge in [0, 0.05) is 6.20 Å². The third-order valence-electron chi connectivity index (χ3n) is 2.87. The van der Waals surface area contributed by atoms with Crippen LogP contribution in [0.4, 0.5) is 0 Å². The Morgan fingerprint density at radius 2 is 2.06 bits per heavy atom. The molecule has 0 aromatic carbocycles. The molecule has 0 radical (unpaired) electrons. The smallest absolute Gasteiger partial charge is 0.329 e. The Morgan fingerprint density at radius 1 is 1.39 bits per heavy atom. The average Bonchev–Trinajstić information content (AvgIpc) is 2.61. The van der Waals surface area contributed by atoms with Gasteiger partial charge in [-0.3, -0.25) is 14.3 Å². The standard InChI is InChI=1S/C10H11IN2O5/c11-5-2-13(10(18)12-9(5)17)6-1-4(3-14)7(15)8(6)16/h1-2,6-8,14-16H,3H2,(H,12,17,18)/t6-,7-,8+/m1/s1. The van der Waals surface area contributed by atoms with Crippen molar-refractivity contribution in [3.63, 3.8) is 0 Å². The molecule has 1 aliphatic rings. The van der Waals surface area contributed by atoms with Crippen molar-refractivity contribution in [1.82, 2.24) is 9.55 Å². The molecule has 0 saturated heterocycles. The molecule has 0 bridgehead atoms. The highest BCUT2D eigenvalue weighted by Gasteiger charge is 2.35. The minimum Gasteiger partial charge on any atom is -0.392 e. The van der Waals surface area contributed by atoms with Crippen LogP contribution < -0.4 is 11.2 Å². The number of nitrogens with zero attached hydrogens (tertiary/aromatic N) is 1. The van der Waals surface area contributed by atoms with E-state index in [-0.39, 0.29) is 5.57 Å². The van der Waals surface area contributed by atoms with Crippen molar-refractivity contribution >= 4 is 22.6 Å². The molecule has 3 atom stereocenters. The van der Waals surface area contributed by atoms with Gasteiger partial charge < -0.3 is 15.3 Å². The summed E-state index contributed by atoms with van der Waals surface area (Å²) in [6.45, 7) is -0.399. The maximum atomic E-state index is 11.6. The SMILES string of the molecule is O=c1[nH]c(=O)n([C@@H]2C=C(CO)[C@@H](O)[C@H]2O)cc1I. The van der Waals surface area contributed by atoms with Crippen LogP contribution in [0.25, 0.3) is 0 Å². The Labute approximate surface area is 115 Å². The van der Waals surface area contributed by atoms with E-state index in [1.54, 1.807) is 22.6 Å². The number of aliphatic hydroxyl groups excluding tert-OH is 3. The Bertz CT molecular complexity index is 605. The summed E-state index contributed by atoms with van der Waals surface area (Å²) in [6, 6.07) is -0.806. The highest BCUT2D eigenvalue weighted by Crippen LogP contribution is 2.28. The van der Waals surface area contributed by atoms with Crippen LogP contribution in [0.3, 0.4) is 0 Å². The highest BCUT2D eigenvalue weighted by atomic mass is 127. The molecule has 1 heterocycles. The first-order valence-corrected chi connectivity index (χ1v) is 6.22. The van der Waals surface area contributed by atoms with Crippen molar-refractivity contribution < 1.29 is 15.3 Å². The molecule has 0 unspecified atom stereocenters. The van der Waals surface area contributed by atoms with E-state index >= 15 is 0 Å². The molecule has 4 N–H and O–H groups in total. The largest absolute Gasteiger partial charge is 0.392 e. The van der Waals surface area contributed by atoms with Crippen LogP contribution in [-0.2, 0) is 0 Å². The lowest BCUT2D eigenvalue weighted by Crippen LogP contribution is -2.38. The number of H-pyrrole nitrogens is 1. The Balaban J connectivity index is 2.51. The van der Waals surface area contributed by atoms with Crippen molar-refractivity contribution in [2.45, 2.75) is 18.2 Å². The molecule has 8 heteroatoms. The van der Waals surface area contributed by atoms with Gasteiger partial charge in [-0.1, -0.05) is 6.08 Å². The third-order valence-corrected chi connectivity index (χ3v) is 3.63. The van der Waals surface area contributed by atoms with Crippen molar-refractivity contribution in [2.75, 3.05) is 6.61 Å². The lowest BCUT2D eigenvalue weighted by molar-refractivity contribution is 0.0271. The quantitative estimate of drug-likeness (QED) is 0.369. The second-order valence-corrected chi connectivity index (χ2v) is 5.13. The predicted molar refractivity (Wildman–Crippen MR) is 70.3 cm³/mol. The zero-order chi connectivity index (χ0) is 13.4. The van der Waals surface area contributed by atoms with Crippen molar-refractivity contribution in [3.8, 4) is 0 Å². The Hall–Kier alpha value is -0.970. The molecule has 18 heavy (non-hydrogen) atoms. The molecule has 1 aliphatic carbocycles. The summed E-state index contributed by atoms with van der Waals surface area (Å²) >= 11 is 1.76. The lowest BCUT2D eigenvalue weighted by atomic mass is 10.1. The second kappa shape index (κ2) is 4.96. The van der Waals surface area contributed by atoms with Crippen molar-refractivity contribution in [2.24, 2.45) is 0 Å². The maximum Gasteiger partial charge on any atom is 0.329 e. The maximum absolute atomic E-state index is 11.6. The first kappa shape index (κ1) is 13.5. The van der Waals surface area contributed by atoms with Gasteiger partial charge in [0.05, 0.1) is 16.2 Å².